The molecule has 9 nitrogen and oxygen atoms in total. The number of para-hydroxylation sites is 1. The maximum atomic E-state index is 10.9. The van der Waals surface area contributed by atoms with E-state index in [-0.39, 0.29) is 13.2 Å². The Morgan fingerprint density at radius 2 is 1.84 bits per heavy atom. The lowest BCUT2D eigenvalue weighted by atomic mass is 10.1. The van der Waals surface area contributed by atoms with Gasteiger partial charge < -0.3 is 26.4 Å². The van der Waals surface area contributed by atoms with E-state index in [9.17, 15) is 13.2 Å². The Labute approximate surface area is 181 Å². The highest BCUT2D eigenvalue weighted by atomic mass is 32.2. The van der Waals surface area contributed by atoms with Crippen molar-refractivity contribution in [2.45, 2.75) is 5.50 Å². The Kier molecular flexibility index (Phi) is 8.62. The molecule has 1 atom stereocenters. The Balaban J connectivity index is 0.000000221. The van der Waals surface area contributed by atoms with Crippen molar-refractivity contribution in [3.63, 3.8) is 0 Å². The van der Waals surface area contributed by atoms with Gasteiger partial charge in [-0.1, -0.05) is 54.6 Å². The summed E-state index contributed by atoms with van der Waals surface area (Å²) >= 11 is 0. The van der Waals surface area contributed by atoms with Crippen molar-refractivity contribution < 1.29 is 22.5 Å². The molecule has 1 aliphatic rings. The van der Waals surface area contributed by atoms with Crippen LogP contribution < -0.4 is 16.8 Å². The normalized spacial score (nSPS) is 16.0. The van der Waals surface area contributed by atoms with Crippen LogP contribution in [-0.4, -0.2) is 49.5 Å². The number of methoxy groups -OCH3 is 1. The topological polar surface area (TPSA) is 148 Å². The number of benzene rings is 2. The van der Waals surface area contributed by atoms with Crippen LogP contribution in [0.3, 0.4) is 0 Å². The molecule has 0 saturated heterocycles. The van der Waals surface area contributed by atoms with E-state index < -0.39 is 21.5 Å². The molecule has 1 aliphatic heterocycles. The van der Waals surface area contributed by atoms with E-state index in [1.54, 1.807) is 6.07 Å². The van der Waals surface area contributed by atoms with Crippen molar-refractivity contribution in [2.75, 3.05) is 31.7 Å². The predicted octanol–water partition coefficient (Wildman–Crippen LogP) is 1.77. The third-order valence-electron chi connectivity index (χ3n) is 4.25. The number of nitrogens with two attached hydrogens (primary N) is 2. The van der Waals surface area contributed by atoms with Crippen LogP contribution in [-0.2, 0) is 19.6 Å². The Hall–Kier alpha value is -3.34. The van der Waals surface area contributed by atoms with Crippen LogP contribution in [0.1, 0.15) is 11.1 Å². The molecule has 166 valence electrons. The van der Waals surface area contributed by atoms with Crippen molar-refractivity contribution in [2.24, 2.45) is 0 Å². The van der Waals surface area contributed by atoms with Gasteiger partial charge in [-0.05, 0) is 17.2 Å². The highest BCUT2D eigenvalue weighted by Gasteiger charge is 2.31. The fourth-order valence-corrected chi connectivity index (χ4v) is 3.41. The first kappa shape index (κ1) is 23.9. The molecule has 6 N–H and O–H groups in total. The predicted molar refractivity (Wildman–Crippen MR) is 122 cm³/mol. The molecule has 0 saturated carbocycles. The molecule has 0 aliphatic carbocycles. The van der Waals surface area contributed by atoms with E-state index in [1.807, 2.05) is 54.6 Å². The van der Waals surface area contributed by atoms with Crippen molar-refractivity contribution in [3.05, 3.63) is 71.9 Å². The monoisotopic (exact) mass is 446 g/mol. The summed E-state index contributed by atoms with van der Waals surface area (Å²) in [5.41, 5.74) is 13.5. The van der Waals surface area contributed by atoms with Gasteiger partial charge in [-0.15, -0.1) is 0 Å². The molecule has 0 aromatic heterocycles. The number of ether oxygens (including phenoxy) is 1. The molecule has 2 aromatic carbocycles. The van der Waals surface area contributed by atoms with Crippen LogP contribution in [0.25, 0.3) is 12.2 Å². The van der Waals surface area contributed by atoms with Crippen molar-refractivity contribution in [1.82, 2.24) is 10.2 Å². The number of nitrogen functional groups attached to an aromatic ring is 2. The second kappa shape index (κ2) is 11.2. The highest BCUT2D eigenvalue weighted by Crippen LogP contribution is 2.21. The van der Waals surface area contributed by atoms with Gasteiger partial charge in [0.15, 0.2) is 0 Å². The molecule has 31 heavy (non-hydrogen) atoms. The molecule has 0 fully saturated rings. The van der Waals surface area contributed by atoms with E-state index in [0.29, 0.717) is 11.4 Å². The molecule has 3 rings (SSSR count). The van der Waals surface area contributed by atoms with Gasteiger partial charge in [-0.3, -0.25) is 9.35 Å². The van der Waals surface area contributed by atoms with Crippen molar-refractivity contribution >= 4 is 39.6 Å². The number of rotatable bonds is 6. The van der Waals surface area contributed by atoms with E-state index in [2.05, 4.69) is 5.32 Å². The zero-order valence-corrected chi connectivity index (χ0v) is 17.8. The second-order valence-corrected chi connectivity index (χ2v) is 7.99. The second-order valence-electron chi connectivity index (χ2n) is 6.52. The SMILES string of the molecule is COCCN1C=CC(=O)NC1S(=O)(=O)O.Nc1cccc(C=Cc2ccccc2)c1N. The Morgan fingerprint density at radius 3 is 2.48 bits per heavy atom. The van der Waals surface area contributed by atoms with Crippen LogP contribution in [0.2, 0.25) is 0 Å². The minimum atomic E-state index is -4.35. The number of anilines is 2. The average Bonchev–Trinajstić information content (AvgIpc) is 2.74. The summed E-state index contributed by atoms with van der Waals surface area (Å²) in [5.74, 6) is -0.564. The van der Waals surface area contributed by atoms with Gasteiger partial charge in [0.2, 0.25) is 11.4 Å². The van der Waals surface area contributed by atoms with Crippen LogP contribution in [0.15, 0.2) is 60.8 Å². The van der Waals surface area contributed by atoms with E-state index in [1.165, 1.54) is 24.3 Å². The Bertz CT molecular complexity index is 1040. The molecular weight excluding hydrogens is 420 g/mol. The maximum Gasteiger partial charge on any atom is 0.306 e. The number of amides is 1. The fraction of sp³-hybridized carbons (Fsp3) is 0.190. The van der Waals surface area contributed by atoms with Gasteiger partial charge >= 0.3 is 10.1 Å². The summed E-state index contributed by atoms with van der Waals surface area (Å²) in [5, 5.41) is 2.12. The molecule has 0 bridgehead atoms. The van der Waals surface area contributed by atoms with Gasteiger partial charge in [0.1, 0.15) is 0 Å². The number of carbonyl (C=O) groups excluding carboxylic acids is 1. The van der Waals surface area contributed by atoms with Crippen LogP contribution in [0.5, 0.6) is 0 Å². The molecule has 10 heteroatoms. The third kappa shape index (κ3) is 7.45. The number of hydrogen-bond acceptors (Lipinski definition) is 7. The quantitative estimate of drug-likeness (QED) is 0.298. The molecule has 1 amide bonds. The summed E-state index contributed by atoms with van der Waals surface area (Å²) < 4.78 is 35.5. The molecule has 1 heterocycles. The number of nitrogens with zero attached hydrogens (tertiary/aromatic N) is 1. The maximum absolute atomic E-state index is 10.9. The summed E-state index contributed by atoms with van der Waals surface area (Å²) in [6.07, 6.45) is 6.47. The Morgan fingerprint density at radius 1 is 1.13 bits per heavy atom. The fourth-order valence-electron chi connectivity index (χ4n) is 2.63. The summed E-state index contributed by atoms with van der Waals surface area (Å²) in [4.78, 5) is 12.2. The first-order valence-corrected chi connectivity index (χ1v) is 10.8. The van der Waals surface area contributed by atoms with Crippen molar-refractivity contribution in [1.29, 1.82) is 0 Å². The zero-order valence-electron chi connectivity index (χ0n) is 17.0. The first-order valence-electron chi connectivity index (χ1n) is 9.29. The minimum Gasteiger partial charge on any atom is -0.397 e. The smallest absolute Gasteiger partial charge is 0.306 e. The summed E-state index contributed by atoms with van der Waals surface area (Å²) in [6, 6.07) is 15.7. The molecular formula is C21H26N4O5S. The standard InChI is InChI=1S/C14H14N2.C7H12N2O5S/c15-13-8-4-7-12(14(13)16)10-9-11-5-2-1-3-6-11;1-14-5-4-9-3-2-6(10)8-7(9)15(11,12)13/h1-10H,15-16H2;2-3,7H,4-5H2,1H3,(H,8,10)(H,11,12,13). The summed E-state index contributed by atoms with van der Waals surface area (Å²) in [7, 11) is -2.88. The van der Waals surface area contributed by atoms with Crippen LogP contribution >= 0.6 is 0 Å². The largest absolute Gasteiger partial charge is 0.397 e. The van der Waals surface area contributed by atoms with E-state index in [4.69, 9.17) is 20.8 Å². The first-order chi connectivity index (χ1) is 14.7. The number of hydrogen-bond donors (Lipinski definition) is 4. The van der Waals surface area contributed by atoms with Crippen molar-refractivity contribution in [3.8, 4) is 0 Å². The number of carbonyl (C=O) groups is 1. The highest BCUT2D eigenvalue weighted by molar-refractivity contribution is 7.86. The lowest BCUT2D eigenvalue weighted by molar-refractivity contribution is -0.118. The summed E-state index contributed by atoms with van der Waals surface area (Å²) in [6.45, 7) is 0.532. The van der Waals surface area contributed by atoms with Gasteiger partial charge in [-0.2, -0.15) is 8.42 Å². The third-order valence-corrected chi connectivity index (χ3v) is 5.20. The van der Waals surface area contributed by atoms with E-state index >= 15 is 0 Å². The zero-order chi connectivity index (χ0) is 22.9. The number of nitrogens with one attached hydrogen (secondary N) is 1. The minimum absolute atomic E-state index is 0.248. The van der Waals surface area contributed by atoms with Gasteiger partial charge in [0, 0.05) is 25.9 Å². The lowest BCUT2D eigenvalue weighted by Crippen LogP contribution is -2.53. The molecule has 1 unspecified atom stereocenters. The molecule has 0 spiro atoms. The lowest BCUT2D eigenvalue weighted by Gasteiger charge is -2.30. The van der Waals surface area contributed by atoms with Gasteiger partial charge in [0.25, 0.3) is 0 Å². The van der Waals surface area contributed by atoms with E-state index in [0.717, 1.165) is 11.1 Å². The van der Waals surface area contributed by atoms with Gasteiger partial charge in [-0.25, -0.2) is 0 Å². The van der Waals surface area contributed by atoms with Crippen LogP contribution in [0.4, 0.5) is 11.4 Å². The van der Waals surface area contributed by atoms with Crippen LogP contribution in [0, 0.1) is 0 Å². The van der Waals surface area contributed by atoms with Gasteiger partial charge in [0.05, 0.1) is 18.0 Å². The molecule has 2 aromatic rings. The average molecular weight is 447 g/mol. The molecule has 0 radical (unpaired) electrons.